The van der Waals surface area contributed by atoms with E-state index in [1.807, 2.05) is 13.8 Å². The molecule has 0 aromatic rings. The summed E-state index contributed by atoms with van der Waals surface area (Å²) in [5.74, 6) is -0.624. The molecule has 0 fully saturated rings. The lowest BCUT2D eigenvalue weighted by molar-refractivity contribution is -0.139. The Balaban J connectivity index is 3.76. The van der Waals surface area contributed by atoms with Crippen LogP contribution in [0, 0.1) is 5.92 Å². The zero-order valence-corrected chi connectivity index (χ0v) is 14.0. The SMILES string of the molecule is CCCC[C@H](CC)CNC(=O)C(=O)NCCCOC(C)C. The highest BCUT2D eigenvalue weighted by atomic mass is 16.5. The summed E-state index contributed by atoms with van der Waals surface area (Å²) in [7, 11) is 0. The number of amides is 2. The van der Waals surface area contributed by atoms with Gasteiger partial charge in [0.1, 0.15) is 0 Å². The molecule has 0 saturated heterocycles. The molecule has 0 aliphatic rings. The van der Waals surface area contributed by atoms with E-state index >= 15 is 0 Å². The molecular weight excluding hydrogens is 268 g/mol. The van der Waals surface area contributed by atoms with E-state index in [-0.39, 0.29) is 6.10 Å². The van der Waals surface area contributed by atoms with Gasteiger partial charge in [-0.2, -0.15) is 0 Å². The summed E-state index contributed by atoms with van der Waals surface area (Å²) in [6.07, 6.45) is 5.35. The van der Waals surface area contributed by atoms with E-state index in [0.717, 1.165) is 25.7 Å². The Labute approximate surface area is 129 Å². The van der Waals surface area contributed by atoms with Crippen LogP contribution in [0.4, 0.5) is 0 Å². The van der Waals surface area contributed by atoms with Gasteiger partial charge < -0.3 is 15.4 Å². The fourth-order valence-corrected chi connectivity index (χ4v) is 1.93. The molecule has 0 unspecified atom stereocenters. The first kappa shape index (κ1) is 19.9. The second-order valence-corrected chi connectivity index (χ2v) is 5.66. The maximum atomic E-state index is 11.7. The first-order valence-electron chi connectivity index (χ1n) is 8.18. The summed E-state index contributed by atoms with van der Waals surface area (Å²) in [6.45, 7) is 9.84. The van der Waals surface area contributed by atoms with Gasteiger partial charge in [0.05, 0.1) is 6.10 Å². The van der Waals surface area contributed by atoms with Gasteiger partial charge >= 0.3 is 11.8 Å². The average Bonchev–Trinajstić information content (AvgIpc) is 2.46. The van der Waals surface area contributed by atoms with Crippen LogP contribution >= 0.6 is 0 Å². The molecule has 21 heavy (non-hydrogen) atoms. The summed E-state index contributed by atoms with van der Waals surface area (Å²) in [5.41, 5.74) is 0. The molecular formula is C16H32N2O3. The Bertz CT molecular complexity index is 293. The van der Waals surface area contributed by atoms with Crippen molar-refractivity contribution in [2.45, 2.75) is 65.9 Å². The third-order valence-corrected chi connectivity index (χ3v) is 3.36. The Morgan fingerprint density at radius 1 is 1.05 bits per heavy atom. The Kier molecular flexibility index (Phi) is 12.0. The Morgan fingerprint density at radius 3 is 2.29 bits per heavy atom. The molecule has 5 nitrogen and oxygen atoms in total. The van der Waals surface area contributed by atoms with Crippen LogP contribution in [0.1, 0.15) is 59.8 Å². The number of nitrogens with one attached hydrogen (secondary N) is 2. The zero-order valence-electron chi connectivity index (χ0n) is 14.0. The fourth-order valence-electron chi connectivity index (χ4n) is 1.93. The highest BCUT2D eigenvalue weighted by Gasteiger charge is 2.14. The standard InChI is InChI=1S/C16H32N2O3/c1-5-7-9-14(6-2)12-18-16(20)15(19)17-10-8-11-21-13(3)4/h13-14H,5-12H2,1-4H3,(H,17,19)(H,18,20)/t14-/m0/s1. The van der Waals surface area contributed by atoms with Gasteiger partial charge in [0.2, 0.25) is 0 Å². The lowest BCUT2D eigenvalue weighted by atomic mass is 9.99. The summed E-state index contributed by atoms with van der Waals surface area (Å²) >= 11 is 0. The molecule has 1 atom stereocenters. The first-order valence-corrected chi connectivity index (χ1v) is 8.18. The molecule has 0 aromatic heterocycles. The molecule has 5 heteroatoms. The first-order chi connectivity index (χ1) is 10.0. The van der Waals surface area contributed by atoms with Crippen LogP contribution in [0.15, 0.2) is 0 Å². The van der Waals surface area contributed by atoms with Crippen molar-refractivity contribution in [1.82, 2.24) is 10.6 Å². The monoisotopic (exact) mass is 300 g/mol. The van der Waals surface area contributed by atoms with Crippen molar-refractivity contribution in [3.63, 3.8) is 0 Å². The van der Waals surface area contributed by atoms with Crippen LogP contribution in [0.5, 0.6) is 0 Å². The summed E-state index contributed by atoms with van der Waals surface area (Å²) in [6, 6.07) is 0. The summed E-state index contributed by atoms with van der Waals surface area (Å²) in [4.78, 5) is 23.2. The number of unbranched alkanes of at least 4 members (excludes halogenated alkanes) is 1. The van der Waals surface area contributed by atoms with Crippen molar-refractivity contribution >= 4 is 11.8 Å². The third kappa shape index (κ3) is 11.3. The number of hydrogen-bond acceptors (Lipinski definition) is 3. The van der Waals surface area contributed by atoms with Gasteiger partial charge in [-0.1, -0.05) is 33.1 Å². The predicted octanol–water partition coefficient (Wildman–Crippen LogP) is 2.25. The molecule has 0 aliphatic heterocycles. The predicted molar refractivity (Wildman–Crippen MR) is 85.0 cm³/mol. The van der Waals surface area contributed by atoms with E-state index in [9.17, 15) is 9.59 Å². The highest BCUT2D eigenvalue weighted by Crippen LogP contribution is 2.10. The molecule has 0 spiro atoms. The van der Waals surface area contributed by atoms with E-state index in [2.05, 4.69) is 24.5 Å². The van der Waals surface area contributed by atoms with Gasteiger partial charge in [0, 0.05) is 19.7 Å². The Hall–Kier alpha value is -1.10. The smallest absolute Gasteiger partial charge is 0.309 e. The second kappa shape index (κ2) is 12.6. The fraction of sp³-hybridized carbons (Fsp3) is 0.875. The van der Waals surface area contributed by atoms with Crippen LogP contribution in [-0.2, 0) is 14.3 Å². The van der Waals surface area contributed by atoms with Gasteiger partial charge in [0.25, 0.3) is 0 Å². The normalized spacial score (nSPS) is 12.2. The quantitative estimate of drug-likeness (QED) is 0.454. The zero-order chi connectivity index (χ0) is 16.1. The van der Waals surface area contributed by atoms with Crippen LogP contribution in [0.25, 0.3) is 0 Å². The molecule has 0 aromatic carbocycles. The largest absolute Gasteiger partial charge is 0.379 e. The maximum Gasteiger partial charge on any atom is 0.309 e. The van der Waals surface area contributed by atoms with E-state index in [1.54, 1.807) is 0 Å². The number of rotatable bonds is 11. The van der Waals surface area contributed by atoms with Gasteiger partial charge in [-0.05, 0) is 32.6 Å². The molecule has 2 N–H and O–H groups in total. The van der Waals surface area contributed by atoms with Crippen molar-refractivity contribution in [1.29, 1.82) is 0 Å². The Morgan fingerprint density at radius 2 is 1.71 bits per heavy atom. The number of carbonyl (C=O) groups excluding carboxylic acids is 2. The minimum absolute atomic E-state index is 0.193. The van der Waals surface area contributed by atoms with Crippen LogP contribution in [-0.4, -0.2) is 37.6 Å². The van der Waals surface area contributed by atoms with Crippen molar-refractivity contribution in [2.75, 3.05) is 19.7 Å². The lowest BCUT2D eigenvalue weighted by Gasteiger charge is -2.15. The number of carbonyl (C=O) groups is 2. The van der Waals surface area contributed by atoms with Crippen molar-refractivity contribution in [3.05, 3.63) is 0 Å². The summed E-state index contributed by atoms with van der Waals surface area (Å²) < 4.78 is 5.36. The van der Waals surface area contributed by atoms with Gasteiger partial charge in [-0.25, -0.2) is 0 Å². The minimum Gasteiger partial charge on any atom is -0.379 e. The van der Waals surface area contributed by atoms with Crippen LogP contribution in [0.2, 0.25) is 0 Å². The van der Waals surface area contributed by atoms with Crippen molar-refractivity contribution in [2.24, 2.45) is 5.92 Å². The summed E-state index contributed by atoms with van der Waals surface area (Å²) in [5, 5.41) is 5.33. The van der Waals surface area contributed by atoms with Gasteiger partial charge in [-0.3, -0.25) is 9.59 Å². The number of hydrogen-bond donors (Lipinski definition) is 2. The molecule has 0 bridgehead atoms. The van der Waals surface area contributed by atoms with Crippen LogP contribution in [0.3, 0.4) is 0 Å². The minimum atomic E-state index is -0.551. The third-order valence-electron chi connectivity index (χ3n) is 3.36. The molecule has 124 valence electrons. The molecule has 0 rings (SSSR count). The lowest BCUT2D eigenvalue weighted by Crippen LogP contribution is -2.42. The maximum absolute atomic E-state index is 11.7. The van der Waals surface area contributed by atoms with Crippen molar-refractivity contribution < 1.29 is 14.3 Å². The molecule has 0 aliphatic carbocycles. The highest BCUT2D eigenvalue weighted by molar-refractivity contribution is 6.35. The second-order valence-electron chi connectivity index (χ2n) is 5.66. The average molecular weight is 300 g/mol. The van der Waals surface area contributed by atoms with E-state index < -0.39 is 11.8 Å². The van der Waals surface area contributed by atoms with Gasteiger partial charge in [0.15, 0.2) is 0 Å². The topological polar surface area (TPSA) is 67.4 Å². The van der Waals surface area contributed by atoms with E-state index in [4.69, 9.17) is 4.74 Å². The van der Waals surface area contributed by atoms with Crippen molar-refractivity contribution in [3.8, 4) is 0 Å². The molecule has 0 radical (unpaired) electrons. The van der Waals surface area contributed by atoms with E-state index in [0.29, 0.717) is 32.0 Å². The van der Waals surface area contributed by atoms with Crippen LogP contribution < -0.4 is 10.6 Å². The van der Waals surface area contributed by atoms with Gasteiger partial charge in [-0.15, -0.1) is 0 Å². The van der Waals surface area contributed by atoms with E-state index in [1.165, 1.54) is 0 Å². The molecule has 0 heterocycles. The number of ether oxygens (including phenoxy) is 1. The molecule has 2 amide bonds. The molecule has 0 saturated carbocycles.